The number of hydrogen-bond donors (Lipinski definition) is 1. The van der Waals surface area contributed by atoms with Crippen molar-refractivity contribution in [3.8, 4) is 0 Å². The maximum Gasteiger partial charge on any atom is 0.317 e. The van der Waals surface area contributed by atoms with Gasteiger partial charge in [0.15, 0.2) is 11.6 Å². The first-order valence-corrected chi connectivity index (χ1v) is 9.88. The van der Waals surface area contributed by atoms with Crippen LogP contribution in [0.4, 0.5) is 13.6 Å². The average Bonchev–Trinajstić information content (AvgIpc) is 2.75. The Morgan fingerprint density at radius 1 is 0.897 bits per heavy atom. The van der Waals surface area contributed by atoms with Crippen molar-refractivity contribution in [1.82, 2.24) is 15.1 Å². The van der Waals surface area contributed by atoms with Gasteiger partial charge in [0.25, 0.3) is 5.91 Å². The van der Waals surface area contributed by atoms with Crippen molar-refractivity contribution in [2.45, 2.75) is 31.8 Å². The molecule has 3 amide bonds. The van der Waals surface area contributed by atoms with Gasteiger partial charge in [-0.3, -0.25) is 4.79 Å². The number of carbonyl (C=O) groups is 2. The molecule has 0 bridgehead atoms. The summed E-state index contributed by atoms with van der Waals surface area (Å²) in [5.41, 5.74) is 2.61. The Kier molecular flexibility index (Phi) is 5.47. The molecule has 4 rings (SSSR count). The van der Waals surface area contributed by atoms with Crippen LogP contribution in [0.2, 0.25) is 0 Å². The first-order chi connectivity index (χ1) is 14.0. The number of nitrogens with zero attached hydrogens (tertiary/aromatic N) is 2. The van der Waals surface area contributed by atoms with E-state index in [1.807, 2.05) is 17.0 Å². The van der Waals surface area contributed by atoms with Gasteiger partial charge in [-0.25, -0.2) is 13.6 Å². The smallest absolute Gasteiger partial charge is 0.317 e. The molecule has 1 fully saturated rings. The molecule has 152 valence electrons. The van der Waals surface area contributed by atoms with E-state index in [0.717, 1.165) is 18.6 Å². The van der Waals surface area contributed by atoms with Crippen LogP contribution in [0.5, 0.6) is 0 Å². The molecule has 2 aromatic rings. The van der Waals surface area contributed by atoms with E-state index in [2.05, 4.69) is 17.4 Å². The van der Waals surface area contributed by atoms with Crippen molar-refractivity contribution in [3.05, 3.63) is 70.8 Å². The van der Waals surface area contributed by atoms with Crippen LogP contribution in [0.3, 0.4) is 0 Å². The largest absolute Gasteiger partial charge is 0.338 e. The van der Waals surface area contributed by atoms with Crippen molar-refractivity contribution in [1.29, 1.82) is 0 Å². The molecule has 0 unspecified atom stereocenters. The fourth-order valence-corrected chi connectivity index (χ4v) is 3.97. The highest BCUT2D eigenvalue weighted by Gasteiger charge is 2.27. The molecule has 1 N–H and O–H groups in total. The van der Waals surface area contributed by atoms with E-state index in [1.165, 1.54) is 17.2 Å². The van der Waals surface area contributed by atoms with Gasteiger partial charge in [-0.15, -0.1) is 0 Å². The highest BCUT2D eigenvalue weighted by Crippen LogP contribution is 2.20. The van der Waals surface area contributed by atoms with Crippen molar-refractivity contribution >= 4 is 11.9 Å². The summed E-state index contributed by atoms with van der Waals surface area (Å²) in [6.07, 6.45) is 2.11. The monoisotopic (exact) mass is 399 g/mol. The fraction of sp³-hybridized carbons (Fsp3) is 0.364. The predicted molar refractivity (Wildman–Crippen MR) is 104 cm³/mol. The topological polar surface area (TPSA) is 52.7 Å². The molecular formula is C22H23F2N3O2. The number of amides is 3. The lowest BCUT2D eigenvalue weighted by Gasteiger charge is -2.35. The maximum absolute atomic E-state index is 13.4. The van der Waals surface area contributed by atoms with E-state index < -0.39 is 11.6 Å². The molecule has 2 heterocycles. The molecule has 7 heteroatoms. The lowest BCUT2D eigenvalue weighted by Crippen LogP contribution is -2.51. The van der Waals surface area contributed by atoms with Gasteiger partial charge >= 0.3 is 6.03 Å². The molecule has 0 aliphatic carbocycles. The number of fused-ring (bicyclic) bond motifs is 1. The highest BCUT2D eigenvalue weighted by molar-refractivity contribution is 5.94. The third-order valence-electron chi connectivity index (χ3n) is 5.69. The summed E-state index contributed by atoms with van der Waals surface area (Å²) < 4.78 is 26.5. The second-order valence-electron chi connectivity index (χ2n) is 7.59. The summed E-state index contributed by atoms with van der Waals surface area (Å²) in [7, 11) is 0. The second-order valence-corrected chi connectivity index (χ2v) is 7.59. The summed E-state index contributed by atoms with van der Waals surface area (Å²) >= 11 is 0. The quantitative estimate of drug-likeness (QED) is 0.842. The Labute approximate surface area is 168 Å². The second kappa shape index (κ2) is 8.19. The number of likely N-dealkylation sites (tertiary alicyclic amines) is 1. The normalized spacial score (nSPS) is 17.0. The Morgan fingerprint density at radius 2 is 1.62 bits per heavy atom. The van der Waals surface area contributed by atoms with Gasteiger partial charge in [0.2, 0.25) is 0 Å². The molecule has 0 saturated carbocycles. The van der Waals surface area contributed by atoms with Crippen LogP contribution in [0.25, 0.3) is 0 Å². The van der Waals surface area contributed by atoms with Crippen molar-refractivity contribution in [3.63, 3.8) is 0 Å². The number of carbonyl (C=O) groups excluding carboxylic acids is 2. The molecular weight excluding hydrogens is 376 g/mol. The number of rotatable bonds is 2. The molecule has 0 spiro atoms. The third-order valence-corrected chi connectivity index (χ3v) is 5.69. The summed E-state index contributed by atoms with van der Waals surface area (Å²) in [4.78, 5) is 28.6. The molecule has 0 atom stereocenters. The lowest BCUT2D eigenvalue weighted by molar-refractivity contribution is 0.0705. The minimum absolute atomic E-state index is 0.00586. The van der Waals surface area contributed by atoms with Crippen LogP contribution in [0.15, 0.2) is 42.5 Å². The van der Waals surface area contributed by atoms with Crippen molar-refractivity contribution in [2.75, 3.05) is 19.6 Å². The summed E-state index contributed by atoms with van der Waals surface area (Å²) in [5, 5.41) is 3.07. The van der Waals surface area contributed by atoms with E-state index in [4.69, 9.17) is 0 Å². The summed E-state index contributed by atoms with van der Waals surface area (Å²) in [6.45, 7) is 2.23. The summed E-state index contributed by atoms with van der Waals surface area (Å²) in [6, 6.07) is 11.3. The molecule has 2 aromatic carbocycles. The van der Waals surface area contributed by atoms with Crippen LogP contribution < -0.4 is 5.32 Å². The van der Waals surface area contributed by atoms with Gasteiger partial charge in [0.1, 0.15) is 0 Å². The Morgan fingerprint density at radius 3 is 2.34 bits per heavy atom. The Hall–Kier alpha value is -2.96. The molecule has 2 aliphatic rings. The van der Waals surface area contributed by atoms with Crippen LogP contribution in [0.1, 0.15) is 34.3 Å². The van der Waals surface area contributed by atoms with E-state index in [-0.39, 0.29) is 23.5 Å². The molecule has 1 saturated heterocycles. The molecule has 29 heavy (non-hydrogen) atoms. The molecule has 2 aliphatic heterocycles. The van der Waals surface area contributed by atoms with Crippen molar-refractivity contribution < 1.29 is 18.4 Å². The first kappa shape index (κ1) is 19.4. The summed E-state index contributed by atoms with van der Waals surface area (Å²) in [5.74, 6) is -2.31. The molecule has 0 radical (unpaired) electrons. The number of urea groups is 1. The Bertz CT molecular complexity index is 926. The van der Waals surface area contributed by atoms with Crippen LogP contribution >= 0.6 is 0 Å². The van der Waals surface area contributed by atoms with Gasteiger partial charge in [-0.05, 0) is 48.6 Å². The lowest BCUT2D eigenvalue weighted by atomic mass is 10.00. The van der Waals surface area contributed by atoms with Gasteiger partial charge in [0.05, 0.1) is 0 Å². The number of halogens is 2. The van der Waals surface area contributed by atoms with Crippen molar-refractivity contribution in [2.24, 2.45) is 0 Å². The van der Waals surface area contributed by atoms with Crippen LogP contribution in [-0.2, 0) is 13.0 Å². The minimum Gasteiger partial charge on any atom is -0.338 e. The zero-order valence-corrected chi connectivity index (χ0v) is 16.0. The predicted octanol–water partition coefficient (Wildman–Crippen LogP) is 3.34. The zero-order valence-electron chi connectivity index (χ0n) is 16.0. The standard InChI is InChI=1S/C22H23F2N3O2/c23-19-6-5-16(13-20(19)24)21(28)26-11-8-18(9-12-26)25-22(29)27-10-7-15-3-1-2-4-17(15)14-27/h1-6,13,18H,7-12,14H2,(H,25,29). The Balaban J connectivity index is 1.29. The number of nitrogens with one attached hydrogen (secondary N) is 1. The maximum atomic E-state index is 13.4. The fourth-order valence-electron chi connectivity index (χ4n) is 3.97. The van der Waals surface area contributed by atoms with Crippen LogP contribution in [0, 0.1) is 11.6 Å². The number of piperidine rings is 1. The number of hydrogen-bond acceptors (Lipinski definition) is 2. The van der Waals surface area contributed by atoms with E-state index in [9.17, 15) is 18.4 Å². The van der Waals surface area contributed by atoms with E-state index in [0.29, 0.717) is 39.0 Å². The minimum atomic E-state index is -1.03. The molecule has 5 nitrogen and oxygen atoms in total. The third kappa shape index (κ3) is 4.23. The van der Waals surface area contributed by atoms with Gasteiger partial charge in [-0.2, -0.15) is 0 Å². The SMILES string of the molecule is O=C(NC1CCN(C(=O)c2ccc(F)c(F)c2)CC1)N1CCc2ccccc2C1. The number of benzene rings is 2. The zero-order chi connectivity index (χ0) is 20.4. The van der Waals surface area contributed by atoms with E-state index >= 15 is 0 Å². The first-order valence-electron chi connectivity index (χ1n) is 9.88. The molecule has 0 aromatic heterocycles. The van der Waals surface area contributed by atoms with Crippen LogP contribution in [-0.4, -0.2) is 47.4 Å². The van der Waals surface area contributed by atoms with Gasteiger partial charge in [-0.1, -0.05) is 24.3 Å². The average molecular weight is 399 g/mol. The van der Waals surface area contributed by atoms with Gasteiger partial charge in [0, 0.05) is 37.8 Å². The highest BCUT2D eigenvalue weighted by atomic mass is 19.2. The van der Waals surface area contributed by atoms with E-state index in [1.54, 1.807) is 4.90 Å². The van der Waals surface area contributed by atoms with Gasteiger partial charge < -0.3 is 15.1 Å².